The number of thioether (sulfide) groups is 1. The Kier molecular flexibility index (Phi) is 7.82. The van der Waals surface area contributed by atoms with Crippen LogP contribution in [0.15, 0.2) is 35.6 Å². The zero-order chi connectivity index (χ0) is 20.7. The number of carbonyl (C=O) groups excluding carboxylic acids is 1. The van der Waals surface area contributed by atoms with Gasteiger partial charge in [0.05, 0.1) is 17.0 Å². The standard InChI is InChI=1S/C19H27N5O3S2/c1-2-14-29(26,27)24-12-10-23(11-13-24)9-8-21-18(25)15-28-19-16-4-3-6-20-17(16)5-7-22-19/h3-7H,2,8-15H2,1H3,(H,21,25). The summed E-state index contributed by atoms with van der Waals surface area (Å²) in [5.41, 5.74) is 0.866. The first-order valence-corrected chi connectivity index (χ1v) is 12.4. The lowest BCUT2D eigenvalue weighted by Crippen LogP contribution is -2.50. The van der Waals surface area contributed by atoms with Crippen LogP contribution >= 0.6 is 11.8 Å². The van der Waals surface area contributed by atoms with Gasteiger partial charge in [-0.3, -0.25) is 14.7 Å². The highest BCUT2D eigenvalue weighted by molar-refractivity contribution is 8.00. The number of amides is 1. The molecule has 0 spiro atoms. The molecule has 2 aromatic rings. The molecule has 1 amide bonds. The third-order valence-corrected chi connectivity index (χ3v) is 7.85. The molecule has 0 saturated carbocycles. The van der Waals surface area contributed by atoms with Gasteiger partial charge in [0.25, 0.3) is 0 Å². The molecule has 29 heavy (non-hydrogen) atoms. The highest BCUT2D eigenvalue weighted by Crippen LogP contribution is 2.23. The third-order valence-electron chi connectivity index (χ3n) is 4.77. The lowest BCUT2D eigenvalue weighted by atomic mass is 10.3. The van der Waals surface area contributed by atoms with Gasteiger partial charge in [0, 0.05) is 57.0 Å². The van der Waals surface area contributed by atoms with E-state index < -0.39 is 10.0 Å². The summed E-state index contributed by atoms with van der Waals surface area (Å²) in [7, 11) is -3.12. The quantitative estimate of drug-likeness (QED) is 0.589. The first-order chi connectivity index (χ1) is 14.0. The van der Waals surface area contributed by atoms with E-state index in [-0.39, 0.29) is 11.7 Å². The van der Waals surface area contributed by atoms with Crippen LogP contribution in [0.2, 0.25) is 0 Å². The van der Waals surface area contributed by atoms with Crippen LogP contribution in [-0.4, -0.2) is 84.3 Å². The summed E-state index contributed by atoms with van der Waals surface area (Å²) in [5, 5.41) is 4.68. The molecule has 0 radical (unpaired) electrons. The number of sulfonamides is 1. The van der Waals surface area contributed by atoms with Crippen LogP contribution in [0, 0.1) is 0 Å². The first kappa shape index (κ1) is 21.9. The van der Waals surface area contributed by atoms with E-state index in [0.717, 1.165) is 15.9 Å². The highest BCUT2D eigenvalue weighted by atomic mass is 32.2. The Labute approximate surface area is 176 Å². The second-order valence-corrected chi connectivity index (χ2v) is 9.93. The Morgan fingerprint density at radius 1 is 1.17 bits per heavy atom. The predicted octanol–water partition coefficient (Wildman–Crippen LogP) is 1.20. The van der Waals surface area contributed by atoms with Gasteiger partial charge in [0.15, 0.2) is 0 Å². The molecule has 0 bridgehead atoms. The Morgan fingerprint density at radius 3 is 2.72 bits per heavy atom. The monoisotopic (exact) mass is 437 g/mol. The van der Waals surface area contributed by atoms with Crippen molar-refractivity contribution in [3.8, 4) is 0 Å². The zero-order valence-electron chi connectivity index (χ0n) is 16.6. The molecule has 3 rings (SSSR count). The number of pyridine rings is 2. The van der Waals surface area contributed by atoms with Crippen LogP contribution in [0.1, 0.15) is 13.3 Å². The van der Waals surface area contributed by atoms with Crippen molar-refractivity contribution in [3.63, 3.8) is 0 Å². The van der Waals surface area contributed by atoms with Gasteiger partial charge >= 0.3 is 0 Å². The van der Waals surface area contributed by atoms with E-state index in [4.69, 9.17) is 0 Å². The molecule has 1 saturated heterocycles. The molecule has 158 valence electrons. The fourth-order valence-corrected chi connectivity index (χ4v) is 5.58. The number of hydrogen-bond acceptors (Lipinski definition) is 7. The normalized spacial score (nSPS) is 16.2. The number of rotatable bonds is 9. The minimum absolute atomic E-state index is 0.0400. The van der Waals surface area contributed by atoms with Crippen LogP contribution in [0.25, 0.3) is 10.9 Å². The van der Waals surface area contributed by atoms with Crippen molar-refractivity contribution >= 4 is 38.6 Å². The average Bonchev–Trinajstić information content (AvgIpc) is 2.72. The van der Waals surface area contributed by atoms with Gasteiger partial charge in [-0.2, -0.15) is 4.31 Å². The van der Waals surface area contributed by atoms with Gasteiger partial charge in [-0.05, 0) is 24.6 Å². The SMILES string of the molecule is CCCS(=O)(=O)N1CCN(CCNC(=O)CSc2nccc3ncccc23)CC1. The molecule has 0 atom stereocenters. The Balaban J connectivity index is 1.37. The van der Waals surface area contributed by atoms with E-state index in [9.17, 15) is 13.2 Å². The van der Waals surface area contributed by atoms with Gasteiger partial charge in [-0.15, -0.1) is 0 Å². The van der Waals surface area contributed by atoms with Crippen molar-refractivity contribution in [1.82, 2.24) is 24.5 Å². The summed E-state index contributed by atoms with van der Waals surface area (Å²) in [6.07, 6.45) is 4.08. The lowest BCUT2D eigenvalue weighted by molar-refractivity contribution is -0.118. The maximum absolute atomic E-state index is 12.2. The zero-order valence-corrected chi connectivity index (χ0v) is 18.2. The van der Waals surface area contributed by atoms with Crippen molar-refractivity contribution in [2.75, 3.05) is 50.8 Å². The molecule has 8 nitrogen and oxygen atoms in total. The molecule has 1 fully saturated rings. The molecule has 1 N–H and O–H groups in total. The van der Waals surface area contributed by atoms with Gasteiger partial charge < -0.3 is 5.32 Å². The fourth-order valence-electron chi connectivity index (χ4n) is 3.25. The van der Waals surface area contributed by atoms with Crippen LogP contribution < -0.4 is 5.32 Å². The number of carbonyl (C=O) groups is 1. The van der Waals surface area contributed by atoms with Gasteiger partial charge in [0.2, 0.25) is 15.9 Å². The molecule has 0 unspecified atom stereocenters. The second-order valence-electron chi connectivity index (χ2n) is 6.88. The fraction of sp³-hybridized carbons (Fsp3) is 0.526. The van der Waals surface area contributed by atoms with E-state index in [1.165, 1.54) is 11.8 Å². The number of nitrogens with one attached hydrogen (secondary N) is 1. The summed E-state index contributed by atoms with van der Waals surface area (Å²) in [6, 6.07) is 5.67. The molecular formula is C19H27N5O3S2. The molecule has 2 aromatic heterocycles. The molecule has 10 heteroatoms. The van der Waals surface area contributed by atoms with Crippen LogP contribution in [0.4, 0.5) is 0 Å². The largest absolute Gasteiger partial charge is 0.354 e. The molecule has 0 aliphatic carbocycles. The van der Waals surface area contributed by atoms with Crippen molar-refractivity contribution in [2.24, 2.45) is 0 Å². The maximum atomic E-state index is 12.2. The van der Waals surface area contributed by atoms with Gasteiger partial charge in [-0.1, -0.05) is 18.7 Å². The lowest BCUT2D eigenvalue weighted by Gasteiger charge is -2.33. The Morgan fingerprint density at radius 2 is 1.97 bits per heavy atom. The molecular weight excluding hydrogens is 410 g/mol. The summed E-state index contributed by atoms with van der Waals surface area (Å²) < 4.78 is 25.8. The number of nitrogens with zero attached hydrogens (tertiary/aromatic N) is 4. The van der Waals surface area contributed by atoms with Gasteiger partial charge in [0.1, 0.15) is 5.03 Å². The maximum Gasteiger partial charge on any atom is 0.230 e. The molecule has 1 aliphatic rings. The Hall–Kier alpha value is -1.75. The van der Waals surface area contributed by atoms with E-state index in [1.807, 2.05) is 25.1 Å². The van der Waals surface area contributed by atoms with Crippen molar-refractivity contribution in [2.45, 2.75) is 18.4 Å². The molecule has 3 heterocycles. The van der Waals surface area contributed by atoms with Crippen LogP contribution in [0.3, 0.4) is 0 Å². The first-order valence-electron chi connectivity index (χ1n) is 9.79. The summed E-state index contributed by atoms with van der Waals surface area (Å²) in [5.74, 6) is 0.466. The van der Waals surface area contributed by atoms with Crippen molar-refractivity contribution in [1.29, 1.82) is 0 Å². The summed E-state index contributed by atoms with van der Waals surface area (Å²) >= 11 is 1.40. The van der Waals surface area contributed by atoms with Crippen LogP contribution in [-0.2, 0) is 14.8 Å². The molecule has 0 aromatic carbocycles. The van der Waals surface area contributed by atoms with Crippen LogP contribution in [0.5, 0.6) is 0 Å². The molecule has 1 aliphatic heterocycles. The predicted molar refractivity (Wildman–Crippen MR) is 115 cm³/mol. The van der Waals surface area contributed by atoms with Crippen molar-refractivity contribution in [3.05, 3.63) is 30.6 Å². The van der Waals surface area contributed by atoms with E-state index in [0.29, 0.717) is 51.4 Å². The number of piperazine rings is 1. The van der Waals surface area contributed by atoms with E-state index in [2.05, 4.69) is 20.2 Å². The van der Waals surface area contributed by atoms with Crippen molar-refractivity contribution < 1.29 is 13.2 Å². The number of fused-ring (bicyclic) bond motifs is 1. The minimum Gasteiger partial charge on any atom is -0.354 e. The topological polar surface area (TPSA) is 95.5 Å². The second kappa shape index (κ2) is 10.3. The third kappa shape index (κ3) is 6.11. The van der Waals surface area contributed by atoms with E-state index >= 15 is 0 Å². The van der Waals surface area contributed by atoms with Gasteiger partial charge in [-0.25, -0.2) is 13.4 Å². The number of aromatic nitrogens is 2. The minimum atomic E-state index is -3.12. The average molecular weight is 438 g/mol. The Bertz CT molecular complexity index is 925. The smallest absolute Gasteiger partial charge is 0.230 e. The summed E-state index contributed by atoms with van der Waals surface area (Å²) in [6.45, 7) is 5.57. The highest BCUT2D eigenvalue weighted by Gasteiger charge is 2.25. The van der Waals surface area contributed by atoms with E-state index in [1.54, 1.807) is 16.7 Å². The number of hydrogen-bond donors (Lipinski definition) is 1. The summed E-state index contributed by atoms with van der Waals surface area (Å²) in [4.78, 5) is 23.0.